The van der Waals surface area contributed by atoms with Gasteiger partial charge in [-0.25, -0.2) is 0 Å². The zero-order valence-electron chi connectivity index (χ0n) is 11.7. The van der Waals surface area contributed by atoms with Gasteiger partial charge in [-0.2, -0.15) is 0 Å². The summed E-state index contributed by atoms with van der Waals surface area (Å²) in [7, 11) is 0. The summed E-state index contributed by atoms with van der Waals surface area (Å²) < 4.78 is 11.0. The maximum atomic E-state index is 11.8. The van der Waals surface area contributed by atoms with Crippen LogP contribution in [0, 0.1) is 0 Å². The summed E-state index contributed by atoms with van der Waals surface area (Å²) in [6.07, 6.45) is 2.21. The lowest BCUT2D eigenvalue weighted by molar-refractivity contribution is -0.121. The lowest BCUT2D eigenvalue weighted by Gasteiger charge is -2.21. The number of amides is 1. The molecule has 1 amide bonds. The summed E-state index contributed by atoms with van der Waals surface area (Å²) in [4.78, 5) is 11.8. The van der Waals surface area contributed by atoms with Gasteiger partial charge >= 0.3 is 0 Å². The van der Waals surface area contributed by atoms with E-state index in [1.807, 2.05) is 25.1 Å². The van der Waals surface area contributed by atoms with E-state index in [9.17, 15) is 4.79 Å². The van der Waals surface area contributed by atoms with Gasteiger partial charge in [0.1, 0.15) is 13.2 Å². The van der Waals surface area contributed by atoms with Gasteiger partial charge in [-0.3, -0.25) is 4.79 Å². The van der Waals surface area contributed by atoms with Crippen LogP contribution >= 0.6 is 11.6 Å². The van der Waals surface area contributed by atoms with Crippen LogP contribution in [0.25, 0.3) is 0 Å². The summed E-state index contributed by atoms with van der Waals surface area (Å²) in [5.41, 5.74) is 1.01. The summed E-state index contributed by atoms with van der Waals surface area (Å²) in [5.74, 6) is 2.17. The highest BCUT2D eigenvalue weighted by atomic mass is 35.5. The molecule has 0 aromatic heterocycles. The third-order valence-electron chi connectivity index (χ3n) is 3.23. The molecular weight excluding hydrogens is 278 g/mol. The van der Waals surface area contributed by atoms with Crippen LogP contribution in [0.5, 0.6) is 11.5 Å². The van der Waals surface area contributed by atoms with Gasteiger partial charge < -0.3 is 14.8 Å². The highest BCUT2D eigenvalue weighted by Gasteiger charge is 2.15. The molecule has 0 saturated carbocycles. The second-order valence-corrected chi connectivity index (χ2v) is 5.22. The van der Waals surface area contributed by atoms with Gasteiger partial charge in [-0.15, -0.1) is 11.6 Å². The van der Waals surface area contributed by atoms with E-state index >= 15 is 0 Å². The molecule has 0 fully saturated rings. The quantitative estimate of drug-likeness (QED) is 0.648. The molecule has 1 aliphatic heterocycles. The van der Waals surface area contributed by atoms with E-state index in [0.717, 1.165) is 29.9 Å². The minimum absolute atomic E-state index is 0.0469. The zero-order valence-corrected chi connectivity index (χ0v) is 12.4. The number of fused-ring (bicyclic) bond motifs is 1. The van der Waals surface area contributed by atoms with Gasteiger partial charge in [-0.1, -0.05) is 6.07 Å². The molecule has 20 heavy (non-hydrogen) atoms. The highest BCUT2D eigenvalue weighted by molar-refractivity contribution is 6.17. The normalized spacial score (nSPS) is 14.7. The van der Waals surface area contributed by atoms with Crippen LogP contribution < -0.4 is 14.8 Å². The van der Waals surface area contributed by atoms with Crippen LogP contribution in [0.3, 0.4) is 0 Å². The van der Waals surface area contributed by atoms with Gasteiger partial charge in [0.25, 0.3) is 0 Å². The van der Waals surface area contributed by atoms with Crippen molar-refractivity contribution in [1.82, 2.24) is 5.32 Å². The van der Waals surface area contributed by atoms with Crippen molar-refractivity contribution >= 4 is 17.5 Å². The SMILES string of the molecule is CC(NC(=O)CCCCCl)c1ccc2c(c1)OCCO2. The number of carbonyl (C=O) groups is 1. The Labute approximate surface area is 124 Å². The van der Waals surface area contributed by atoms with Crippen molar-refractivity contribution in [3.05, 3.63) is 23.8 Å². The number of benzene rings is 1. The minimum Gasteiger partial charge on any atom is -0.486 e. The Morgan fingerprint density at radius 2 is 2.05 bits per heavy atom. The number of hydrogen-bond donors (Lipinski definition) is 1. The standard InChI is InChI=1S/C15H20ClNO3/c1-11(17-15(18)4-2-3-7-16)12-5-6-13-14(10-12)20-9-8-19-13/h5-6,10-11H,2-4,7-9H2,1H3,(H,17,18). The maximum absolute atomic E-state index is 11.8. The first-order valence-corrected chi connectivity index (χ1v) is 7.49. The highest BCUT2D eigenvalue weighted by Crippen LogP contribution is 2.32. The number of halogens is 1. The Hall–Kier alpha value is -1.42. The number of nitrogens with one attached hydrogen (secondary N) is 1. The van der Waals surface area contributed by atoms with Gasteiger partial charge in [0.2, 0.25) is 5.91 Å². The predicted octanol–water partition coefficient (Wildman–Crippen LogP) is 3.04. The summed E-state index contributed by atoms with van der Waals surface area (Å²) >= 11 is 5.60. The predicted molar refractivity (Wildman–Crippen MR) is 78.6 cm³/mol. The van der Waals surface area contributed by atoms with Crippen LogP contribution in [0.4, 0.5) is 0 Å². The van der Waals surface area contributed by atoms with E-state index in [1.165, 1.54) is 0 Å². The molecule has 4 nitrogen and oxygen atoms in total. The molecule has 1 heterocycles. The van der Waals surface area contributed by atoms with Crippen molar-refractivity contribution in [2.45, 2.75) is 32.2 Å². The fraction of sp³-hybridized carbons (Fsp3) is 0.533. The fourth-order valence-electron chi connectivity index (χ4n) is 2.11. The van der Waals surface area contributed by atoms with Crippen LogP contribution in [0.1, 0.15) is 37.8 Å². The number of carbonyl (C=O) groups excluding carboxylic acids is 1. The number of alkyl halides is 1. The molecule has 0 aliphatic carbocycles. The molecule has 2 rings (SSSR count). The van der Waals surface area contributed by atoms with Crippen molar-refractivity contribution in [2.75, 3.05) is 19.1 Å². The smallest absolute Gasteiger partial charge is 0.220 e. The van der Waals surface area contributed by atoms with Crippen molar-refractivity contribution < 1.29 is 14.3 Å². The van der Waals surface area contributed by atoms with Crippen molar-refractivity contribution in [3.63, 3.8) is 0 Å². The lowest BCUT2D eigenvalue weighted by Crippen LogP contribution is -2.26. The van der Waals surface area contributed by atoms with Gasteiger partial charge in [-0.05, 0) is 37.5 Å². The van der Waals surface area contributed by atoms with Gasteiger partial charge in [0.15, 0.2) is 11.5 Å². The third-order valence-corrected chi connectivity index (χ3v) is 3.50. The monoisotopic (exact) mass is 297 g/mol. The van der Waals surface area contributed by atoms with E-state index in [0.29, 0.717) is 25.5 Å². The molecule has 1 atom stereocenters. The van der Waals surface area contributed by atoms with Crippen LogP contribution in [-0.4, -0.2) is 25.0 Å². The Kier molecular flexibility index (Phi) is 5.53. The summed E-state index contributed by atoms with van der Waals surface area (Å²) in [6.45, 7) is 3.11. The molecule has 1 aromatic rings. The Morgan fingerprint density at radius 3 is 2.80 bits per heavy atom. The summed E-state index contributed by atoms with van der Waals surface area (Å²) in [6, 6.07) is 5.73. The first-order chi connectivity index (χ1) is 9.70. The van der Waals surface area contributed by atoms with Gasteiger partial charge in [0.05, 0.1) is 6.04 Å². The van der Waals surface area contributed by atoms with Crippen molar-refractivity contribution in [2.24, 2.45) is 0 Å². The fourth-order valence-corrected chi connectivity index (χ4v) is 2.30. The zero-order chi connectivity index (χ0) is 14.4. The van der Waals surface area contributed by atoms with E-state index in [4.69, 9.17) is 21.1 Å². The molecule has 1 aromatic carbocycles. The molecule has 0 radical (unpaired) electrons. The number of unbranched alkanes of at least 4 members (excludes halogenated alkanes) is 1. The third kappa shape index (κ3) is 4.04. The average Bonchev–Trinajstić information content (AvgIpc) is 2.47. The van der Waals surface area contributed by atoms with Crippen LogP contribution in [-0.2, 0) is 4.79 Å². The van der Waals surface area contributed by atoms with E-state index in [-0.39, 0.29) is 11.9 Å². The molecule has 110 valence electrons. The van der Waals surface area contributed by atoms with E-state index in [2.05, 4.69) is 5.32 Å². The topological polar surface area (TPSA) is 47.6 Å². The Balaban J connectivity index is 1.91. The molecule has 0 spiro atoms. The first-order valence-electron chi connectivity index (χ1n) is 6.95. The van der Waals surface area contributed by atoms with E-state index < -0.39 is 0 Å². The van der Waals surface area contributed by atoms with Crippen LogP contribution in [0.15, 0.2) is 18.2 Å². The minimum atomic E-state index is -0.0469. The molecule has 0 saturated heterocycles. The Bertz CT molecular complexity index is 464. The molecule has 1 N–H and O–H groups in total. The maximum Gasteiger partial charge on any atom is 0.220 e. The van der Waals surface area contributed by atoms with Crippen molar-refractivity contribution in [1.29, 1.82) is 0 Å². The second kappa shape index (κ2) is 7.39. The number of rotatable bonds is 6. The average molecular weight is 298 g/mol. The lowest BCUT2D eigenvalue weighted by atomic mass is 10.1. The number of ether oxygens (including phenoxy) is 2. The molecule has 0 bridgehead atoms. The molecule has 1 aliphatic rings. The molecular formula is C15H20ClNO3. The first kappa shape index (κ1) is 15.0. The summed E-state index contributed by atoms with van der Waals surface area (Å²) in [5, 5.41) is 2.98. The molecule has 5 heteroatoms. The van der Waals surface area contributed by atoms with Crippen LogP contribution in [0.2, 0.25) is 0 Å². The largest absolute Gasteiger partial charge is 0.486 e. The van der Waals surface area contributed by atoms with E-state index in [1.54, 1.807) is 0 Å². The Morgan fingerprint density at radius 1 is 1.30 bits per heavy atom. The van der Waals surface area contributed by atoms with Gasteiger partial charge in [0, 0.05) is 12.3 Å². The second-order valence-electron chi connectivity index (χ2n) is 4.84. The molecule has 1 unspecified atom stereocenters. The van der Waals surface area contributed by atoms with Crippen molar-refractivity contribution in [3.8, 4) is 11.5 Å². The number of hydrogen-bond acceptors (Lipinski definition) is 3.